The van der Waals surface area contributed by atoms with Gasteiger partial charge in [-0.1, -0.05) is 37.3 Å². The predicted molar refractivity (Wildman–Crippen MR) is 63.3 cm³/mol. The Labute approximate surface area is 96.6 Å². The number of carbonyl (C=O) groups excluding carboxylic acids is 1. The standard InChI is InChI=1S/C14H18O2/c1-2-6-12(15)14-13(16-14)10-9-11-7-4-3-5-8-11/h3-5,7-8,13-14H,2,6,9-10H2,1H3/t13-,14-/m1/s1. The van der Waals surface area contributed by atoms with Crippen molar-refractivity contribution < 1.29 is 9.53 Å². The maximum Gasteiger partial charge on any atom is 0.164 e. The number of benzene rings is 1. The van der Waals surface area contributed by atoms with Crippen molar-refractivity contribution in [3.8, 4) is 0 Å². The van der Waals surface area contributed by atoms with E-state index >= 15 is 0 Å². The Morgan fingerprint density at radius 3 is 2.75 bits per heavy atom. The molecule has 0 saturated carbocycles. The average Bonchev–Trinajstić information content (AvgIpc) is 3.08. The second kappa shape index (κ2) is 5.26. The first-order valence-corrected chi connectivity index (χ1v) is 6.03. The van der Waals surface area contributed by atoms with Crippen LogP contribution in [-0.4, -0.2) is 18.0 Å². The van der Waals surface area contributed by atoms with Gasteiger partial charge in [0.2, 0.25) is 0 Å². The zero-order chi connectivity index (χ0) is 11.4. The van der Waals surface area contributed by atoms with Gasteiger partial charge < -0.3 is 4.74 Å². The second-order valence-corrected chi connectivity index (χ2v) is 4.34. The van der Waals surface area contributed by atoms with Crippen molar-refractivity contribution in [1.82, 2.24) is 0 Å². The zero-order valence-corrected chi connectivity index (χ0v) is 9.69. The van der Waals surface area contributed by atoms with Gasteiger partial charge in [0.1, 0.15) is 6.10 Å². The van der Waals surface area contributed by atoms with Crippen LogP contribution >= 0.6 is 0 Å². The molecule has 2 nitrogen and oxygen atoms in total. The van der Waals surface area contributed by atoms with Crippen molar-refractivity contribution in [2.45, 2.75) is 44.8 Å². The van der Waals surface area contributed by atoms with Crippen molar-refractivity contribution in [2.75, 3.05) is 0 Å². The van der Waals surface area contributed by atoms with E-state index < -0.39 is 0 Å². The summed E-state index contributed by atoms with van der Waals surface area (Å²) in [5.74, 6) is 0.278. The first kappa shape index (κ1) is 11.3. The highest BCUT2D eigenvalue weighted by Gasteiger charge is 2.43. The van der Waals surface area contributed by atoms with Gasteiger partial charge in [-0.3, -0.25) is 4.79 Å². The lowest BCUT2D eigenvalue weighted by atomic mass is 10.0. The molecule has 0 bridgehead atoms. The molecule has 0 amide bonds. The van der Waals surface area contributed by atoms with E-state index in [-0.39, 0.29) is 18.0 Å². The molecule has 0 N–H and O–H groups in total. The number of hydrogen-bond acceptors (Lipinski definition) is 2. The van der Waals surface area contributed by atoms with Gasteiger partial charge in [0.15, 0.2) is 5.78 Å². The lowest BCUT2D eigenvalue weighted by Gasteiger charge is -1.97. The lowest BCUT2D eigenvalue weighted by molar-refractivity contribution is -0.120. The minimum Gasteiger partial charge on any atom is -0.361 e. The number of epoxide rings is 1. The Morgan fingerprint density at radius 1 is 1.31 bits per heavy atom. The molecule has 1 aromatic carbocycles. The SMILES string of the molecule is CCCC(=O)[C@H]1O[C@@H]1CCc1ccccc1. The molecular formula is C14H18O2. The van der Waals surface area contributed by atoms with Gasteiger partial charge in [-0.15, -0.1) is 0 Å². The molecule has 1 aliphatic heterocycles. The first-order chi connectivity index (χ1) is 7.81. The summed E-state index contributed by atoms with van der Waals surface area (Å²) >= 11 is 0. The lowest BCUT2D eigenvalue weighted by Crippen LogP contribution is -2.09. The Bertz CT molecular complexity index is 345. The van der Waals surface area contributed by atoms with Crippen LogP contribution in [0.1, 0.15) is 31.7 Å². The smallest absolute Gasteiger partial charge is 0.164 e. The molecule has 2 rings (SSSR count). The topological polar surface area (TPSA) is 29.6 Å². The Morgan fingerprint density at radius 2 is 2.06 bits per heavy atom. The molecule has 0 spiro atoms. The van der Waals surface area contributed by atoms with Crippen LogP contribution in [0.4, 0.5) is 0 Å². The predicted octanol–water partition coefficient (Wildman–Crippen LogP) is 2.76. The molecule has 0 radical (unpaired) electrons. The van der Waals surface area contributed by atoms with Crippen molar-refractivity contribution in [1.29, 1.82) is 0 Å². The van der Waals surface area contributed by atoms with E-state index in [1.54, 1.807) is 0 Å². The third-order valence-electron chi connectivity index (χ3n) is 2.96. The van der Waals surface area contributed by atoms with E-state index in [2.05, 4.69) is 12.1 Å². The van der Waals surface area contributed by atoms with Crippen LogP contribution in [0, 0.1) is 0 Å². The van der Waals surface area contributed by atoms with Gasteiger partial charge in [0.05, 0.1) is 6.10 Å². The van der Waals surface area contributed by atoms with Crippen LogP contribution in [0.5, 0.6) is 0 Å². The third kappa shape index (κ3) is 2.92. The number of ether oxygens (including phenoxy) is 1. The van der Waals surface area contributed by atoms with Gasteiger partial charge in [0, 0.05) is 6.42 Å². The van der Waals surface area contributed by atoms with Crippen LogP contribution in [0.15, 0.2) is 30.3 Å². The molecule has 1 saturated heterocycles. The van der Waals surface area contributed by atoms with Crippen molar-refractivity contribution in [2.24, 2.45) is 0 Å². The van der Waals surface area contributed by atoms with Crippen molar-refractivity contribution in [3.05, 3.63) is 35.9 Å². The number of aryl methyl sites for hydroxylation is 1. The van der Waals surface area contributed by atoms with Gasteiger partial charge in [-0.25, -0.2) is 0 Å². The van der Waals surface area contributed by atoms with E-state index in [0.29, 0.717) is 6.42 Å². The summed E-state index contributed by atoms with van der Waals surface area (Å²) in [7, 11) is 0. The van der Waals surface area contributed by atoms with E-state index in [9.17, 15) is 4.79 Å². The van der Waals surface area contributed by atoms with Crippen LogP contribution in [0.2, 0.25) is 0 Å². The minimum atomic E-state index is -0.0938. The molecule has 1 heterocycles. The number of rotatable bonds is 6. The van der Waals surface area contributed by atoms with Crippen molar-refractivity contribution in [3.63, 3.8) is 0 Å². The molecule has 86 valence electrons. The molecule has 0 unspecified atom stereocenters. The summed E-state index contributed by atoms with van der Waals surface area (Å²) < 4.78 is 5.40. The van der Waals surface area contributed by atoms with E-state index in [0.717, 1.165) is 19.3 Å². The van der Waals surface area contributed by atoms with Crippen LogP contribution in [0.3, 0.4) is 0 Å². The van der Waals surface area contributed by atoms with Crippen molar-refractivity contribution >= 4 is 5.78 Å². The average molecular weight is 218 g/mol. The maximum atomic E-state index is 11.5. The Balaban J connectivity index is 1.72. The fourth-order valence-corrected chi connectivity index (χ4v) is 1.99. The largest absolute Gasteiger partial charge is 0.361 e. The van der Waals surface area contributed by atoms with Crippen LogP contribution < -0.4 is 0 Å². The number of hydrogen-bond donors (Lipinski definition) is 0. The van der Waals surface area contributed by atoms with Gasteiger partial charge in [-0.2, -0.15) is 0 Å². The zero-order valence-electron chi connectivity index (χ0n) is 9.69. The fourth-order valence-electron chi connectivity index (χ4n) is 1.99. The Kier molecular flexibility index (Phi) is 3.73. The summed E-state index contributed by atoms with van der Waals surface area (Å²) in [5, 5.41) is 0. The molecule has 1 fully saturated rings. The molecule has 0 aromatic heterocycles. The minimum absolute atomic E-state index is 0.0938. The quantitative estimate of drug-likeness (QED) is 0.687. The first-order valence-electron chi connectivity index (χ1n) is 6.03. The number of ketones is 1. The molecule has 2 heteroatoms. The normalized spacial score (nSPS) is 23.1. The van der Waals surface area contributed by atoms with Gasteiger partial charge >= 0.3 is 0 Å². The summed E-state index contributed by atoms with van der Waals surface area (Å²) in [6, 6.07) is 10.3. The second-order valence-electron chi connectivity index (χ2n) is 4.34. The maximum absolute atomic E-state index is 11.5. The Hall–Kier alpha value is -1.15. The molecule has 2 atom stereocenters. The molecular weight excluding hydrogens is 200 g/mol. The number of carbonyl (C=O) groups is 1. The molecule has 0 aliphatic carbocycles. The van der Waals surface area contributed by atoms with E-state index in [1.807, 2.05) is 25.1 Å². The summed E-state index contributed by atoms with van der Waals surface area (Å²) in [6.07, 6.45) is 3.63. The molecule has 16 heavy (non-hydrogen) atoms. The highest BCUT2D eigenvalue weighted by Crippen LogP contribution is 2.28. The highest BCUT2D eigenvalue weighted by atomic mass is 16.6. The van der Waals surface area contributed by atoms with Gasteiger partial charge in [-0.05, 0) is 24.8 Å². The summed E-state index contributed by atoms with van der Waals surface area (Å²) in [5.41, 5.74) is 1.32. The van der Waals surface area contributed by atoms with E-state index in [4.69, 9.17) is 4.74 Å². The fraction of sp³-hybridized carbons (Fsp3) is 0.500. The molecule has 1 aliphatic rings. The van der Waals surface area contributed by atoms with Crippen LogP contribution in [-0.2, 0) is 16.0 Å². The third-order valence-corrected chi connectivity index (χ3v) is 2.96. The monoisotopic (exact) mass is 218 g/mol. The highest BCUT2D eigenvalue weighted by molar-refractivity contribution is 5.85. The summed E-state index contributed by atoms with van der Waals surface area (Å²) in [4.78, 5) is 11.5. The number of Topliss-reactive ketones (excluding diaryl/α,β-unsaturated/α-hetero) is 1. The van der Waals surface area contributed by atoms with Crippen LogP contribution in [0.25, 0.3) is 0 Å². The molecule has 1 aromatic rings. The summed E-state index contributed by atoms with van der Waals surface area (Å²) in [6.45, 7) is 2.03. The van der Waals surface area contributed by atoms with E-state index in [1.165, 1.54) is 5.56 Å². The van der Waals surface area contributed by atoms with Gasteiger partial charge in [0.25, 0.3) is 0 Å².